The Kier molecular flexibility index (Phi) is 4.67. The van der Waals surface area contributed by atoms with Gasteiger partial charge in [0, 0.05) is 16.3 Å². The molecule has 0 saturated carbocycles. The van der Waals surface area contributed by atoms with Gasteiger partial charge < -0.3 is 5.32 Å². The van der Waals surface area contributed by atoms with Crippen molar-refractivity contribution in [2.45, 2.75) is 32.2 Å². The first-order valence-corrected chi connectivity index (χ1v) is 8.26. The highest BCUT2D eigenvalue weighted by atomic mass is 32.1. The predicted octanol–water partition coefficient (Wildman–Crippen LogP) is 5.01. The van der Waals surface area contributed by atoms with Gasteiger partial charge in [-0.15, -0.1) is 11.3 Å². The summed E-state index contributed by atoms with van der Waals surface area (Å²) in [7, 11) is 0. The molecule has 0 bridgehead atoms. The lowest BCUT2D eigenvalue weighted by atomic mass is 10.2. The van der Waals surface area contributed by atoms with Crippen molar-refractivity contribution in [1.82, 2.24) is 5.32 Å². The van der Waals surface area contributed by atoms with Gasteiger partial charge in [0.05, 0.1) is 0 Å². The highest BCUT2D eigenvalue weighted by Crippen LogP contribution is 2.27. The van der Waals surface area contributed by atoms with Crippen LogP contribution >= 0.6 is 11.3 Å². The van der Waals surface area contributed by atoms with Gasteiger partial charge in [0.25, 0.3) is 0 Å². The molecule has 0 aliphatic heterocycles. The molecule has 0 radical (unpaired) electrons. The van der Waals surface area contributed by atoms with Crippen molar-refractivity contribution in [3.63, 3.8) is 0 Å². The minimum Gasteiger partial charge on any atom is -0.312 e. The average molecular weight is 283 g/mol. The maximum atomic E-state index is 3.56. The minimum atomic E-state index is 0.991. The van der Waals surface area contributed by atoms with Crippen LogP contribution in [0.1, 0.15) is 30.6 Å². The fourth-order valence-corrected chi connectivity index (χ4v) is 3.64. The molecule has 0 fully saturated rings. The Hall–Kier alpha value is -1.38. The van der Waals surface area contributed by atoms with E-state index in [1.54, 1.807) is 5.57 Å². The number of hydrogen-bond acceptors (Lipinski definition) is 2. The van der Waals surface area contributed by atoms with Crippen LogP contribution in [0.2, 0.25) is 0 Å². The van der Waals surface area contributed by atoms with Crippen LogP contribution in [0.4, 0.5) is 0 Å². The van der Waals surface area contributed by atoms with Crippen LogP contribution in [-0.4, -0.2) is 6.54 Å². The molecule has 0 atom stereocenters. The molecule has 0 spiro atoms. The highest BCUT2D eigenvalue weighted by Gasteiger charge is 2.05. The van der Waals surface area contributed by atoms with Gasteiger partial charge >= 0.3 is 0 Å². The monoisotopic (exact) mass is 283 g/mol. The topological polar surface area (TPSA) is 12.0 Å². The molecule has 0 unspecified atom stereocenters. The van der Waals surface area contributed by atoms with E-state index in [2.05, 4.69) is 53.9 Å². The van der Waals surface area contributed by atoms with E-state index < -0.39 is 0 Å². The van der Waals surface area contributed by atoms with Crippen LogP contribution in [0.25, 0.3) is 10.4 Å². The summed E-state index contributed by atoms with van der Waals surface area (Å²) < 4.78 is 0. The summed E-state index contributed by atoms with van der Waals surface area (Å²) in [5, 5.41) is 3.56. The Balaban J connectivity index is 1.48. The van der Waals surface area contributed by atoms with Crippen molar-refractivity contribution in [3.8, 4) is 10.4 Å². The number of hydrogen-bond donors (Lipinski definition) is 1. The molecule has 3 rings (SSSR count). The van der Waals surface area contributed by atoms with Gasteiger partial charge in [0.15, 0.2) is 0 Å². The van der Waals surface area contributed by atoms with Crippen LogP contribution in [0.15, 0.2) is 54.1 Å². The van der Waals surface area contributed by atoms with E-state index in [9.17, 15) is 0 Å². The maximum Gasteiger partial charge on any atom is 0.0346 e. The zero-order valence-corrected chi connectivity index (χ0v) is 12.6. The van der Waals surface area contributed by atoms with Crippen LogP contribution in [0.5, 0.6) is 0 Å². The lowest BCUT2D eigenvalue weighted by Gasteiger charge is -2.03. The molecule has 1 aliphatic rings. The SMILES string of the molecule is C1=C(CCNCc2ccc(-c3ccccc3)s2)CCC1. The number of benzene rings is 1. The molecule has 1 heterocycles. The smallest absolute Gasteiger partial charge is 0.0346 e. The first kappa shape index (κ1) is 13.6. The fourth-order valence-electron chi connectivity index (χ4n) is 2.66. The van der Waals surface area contributed by atoms with Crippen molar-refractivity contribution >= 4 is 11.3 Å². The van der Waals surface area contributed by atoms with E-state index in [-0.39, 0.29) is 0 Å². The zero-order valence-electron chi connectivity index (χ0n) is 11.8. The Bertz CT molecular complexity index is 568. The second-order valence-corrected chi connectivity index (χ2v) is 6.48. The second kappa shape index (κ2) is 6.87. The standard InChI is InChI=1S/C18H21NS/c1-2-8-16(9-3-1)18-11-10-17(20-18)14-19-13-12-15-6-4-5-7-15/h1-3,6,8-11,19H,4-5,7,12-14H2. The van der Waals surface area contributed by atoms with E-state index in [0.29, 0.717) is 0 Å². The van der Waals surface area contributed by atoms with E-state index in [1.165, 1.54) is 41.0 Å². The molecule has 2 aromatic rings. The summed E-state index contributed by atoms with van der Waals surface area (Å²) in [6.07, 6.45) is 7.61. The van der Waals surface area contributed by atoms with Crippen molar-refractivity contribution in [2.75, 3.05) is 6.54 Å². The summed E-state index contributed by atoms with van der Waals surface area (Å²) in [5.41, 5.74) is 2.97. The van der Waals surface area contributed by atoms with E-state index in [4.69, 9.17) is 0 Å². The lowest BCUT2D eigenvalue weighted by molar-refractivity contribution is 0.682. The molecular formula is C18H21NS. The van der Waals surface area contributed by atoms with Gasteiger partial charge in [0.1, 0.15) is 0 Å². The predicted molar refractivity (Wildman–Crippen MR) is 88.0 cm³/mol. The van der Waals surface area contributed by atoms with Gasteiger partial charge in [-0.25, -0.2) is 0 Å². The van der Waals surface area contributed by atoms with Crippen LogP contribution in [-0.2, 0) is 6.54 Å². The summed E-state index contributed by atoms with van der Waals surface area (Å²) in [6, 6.07) is 15.1. The summed E-state index contributed by atoms with van der Waals surface area (Å²) >= 11 is 1.89. The van der Waals surface area contributed by atoms with Crippen molar-refractivity contribution in [2.24, 2.45) is 0 Å². The summed E-state index contributed by atoms with van der Waals surface area (Å²) in [4.78, 5) is 2.78. The molecule has 104 valence electrons. The van der Waals surface area contributed by atoms with Crippen molar-refractivity contribution < 1.29 is 0 Å². The van der Waals surface area contributed by atoms with Crippen molar-refractivity contribution in [3.05, 3.63) is 59.0 Å². The number of thiophene rings is 1. The maximum absolute atomic E-state index is 3.56. The number of allylic oxidation sites excluding steroid dienone is 1. The lowest BCUT2D eigenvalue weighted by Crippen LogP contribution is -2.14. The average Bonchev–Trinajstić information content (AvgIpc) is 3.16. The summed E-state index contributed by atoms with van der Waals surface area (Å²) in [5.74, 6) is 0. The molecule has 1 nitrogen and oxygen atoms in total. The Morgan fingerprint density at radius 3 is 2.75 bits per heavy atom. The first-order chi connectivity index (χ1) is 9.92. The molecule has 1 aliphatic carbocycles. The molecule has 1 N–H and O–H groups in total. The van der Waals surface area contributed by atoms with E-state index in [1.807, 2.05) is 11.3 Å². The summed E-state index contributed by atoms with van der Waals surface area (Å²) in [6.45, 7) is 2.09. The molecule has 0 amide bonds. The van der Waals surface area contributed by atoms with Gasteiger partial charge in [0.2, 0.25) is 0 Å². The van der Waals surface area contributed by atoms with Crippen molar-refractivity contribution in [1.29, 1.82) is 0 Å². The van der Waals surface area contributed by atoms with Gasteiger partial charge in [-0.1, -0.05) is 42.0 Å². The first-order valence-electron chi connectivity index (χ1n) is 7.44. The number of rotatable bonds is 6. The normalized spacial score (nSPS) is 14.5. The molecule has 1 aromatic carbocycles. The van der Waals surface area contributed by atoms with Crippen LogP contribution in [0.3, 0.4) is 0 Å². The van der Waals surface area contributed by atoms with Gasteiger partial charge in [-0.3, -0.25) is 0 Å². The Labute approximate surface area is 125 Å². The quantitative estimate of drug-likeness (QED) is 0.581. The third-order valence-corrected chi connectivity index (χ3v) is 4.91. The van der Waals surface area contributed by atoms with E-state index >= 15 is 0 Å². The fraction of sp³-hybridized carbons (Fsp3) is 0.333. The third kappa shape index (κ3) is 3.59. The largest absolute Gasteiger partial charge is 0.312 e. The Morgan fingerprint density at radius 2 is 1.95 bits per heavy atom. The molecule has 1 aromatic heterocycles. The molecular weight excluding hydrogens is 262 g/mol. The Morgan fingerprint density at radius 1 is 1.05 bits per heavy atom. The second-order valence-electron chi connectivity index (χ2n) is 5.31. The van der Waals surface area contributed by atoms with Gasteiger partial charge in [-0.05, 0) is 49.9 Å². The molecule has 20 heavy (non-hydrogen) atoms. The zero-order chi connectivity index (χ0) is 13.6. The molecule has 2 heteroatoms. The van der Waals surface area contributed by atoms with Crippen LogP contribution < -0.4 is 5.32 Å². The van der Waals surface area contributed by atoms with Crippen LogP contribution in [0, 0.1) is 0 Å². The van der Waals surface area contributed by atoms with E-state index in [0.717, 1.165) is 13.1 Å². The third-order valence-electron chi connectivity index (χ3n) is 3.78. The molecule has 0 saturated heterocycles. The minimum absolute atomic E-state index is 0.991. The van der Waals surface area contributed by atoms with Gasteiger partial charge in [-0.2, -0.15) is 0 Å². The highest BCUT2D eigenvalue weighted by molar-refractivity contribution is 7.15. The number of nitrogens with one attached hydrogen (secondary N) is 1.